The third-order valence-corrected chi connectivity index (χ3v) is 4.77. The van der Waals surface area contributed by atoms with Crippen molar-refractivity contribution in [2.75, 3.05) is 13.7 Å². The lowest BCUT2D eigenvalue weighted by Gasteiger charge is -2.27. The van der Waals surface area contributed by atoms with Crippen molar-refractivity contribution in [1.82, 2.24) is 0 Å². The smallest absolute Gasteiger partial charge is 0.119 e. The summed E-state index contributed by atoms with van der Waals surface area (Å²) < 4.78 is 12.2. The average Bonchev–Trinajstić information content (AvgIpc) is 2.66. The van der Waals surface area contributed by atoms with Crippen molar-refractivity contribution in [1.29, 1.82) is 0 Å². The van der Waals surface area contributed by atoms with Gasteiger partial charge in [-0.25, -0.2) is 0 Å². The molecule has 1 aromatic carbocycles. The highest BCUT2D eigenvalue weighted by Crippen LogP contribution is 2.27. The van der Waals surface area contributed by atoms with E-state index >= 15 is 0 Å². The van der Waals surface area contributed by atoms with Gasteiger partial charge in [-0.1, -0.05) is 41.6 Å². The predicted molar refractivity (Wildman–Crippen MR) is 85.0 cm³/mol. The molecule has 112 valence electrons. The SMILES string of the molecule is COc1ccc(Br)c(COCC2(N)CCCCCC2)c1. The van der Waals surface area contributed by atoms with Crippen molar-refractivity contribution in [2.24, 2.45) is 5.73 Å². The summed E-state index contributed by atoms with van der Waals surface area (Å²) in [6.45, 7) is 1.20. The molecular formula is C16H24BrNO2. The molecule has 1 aliphatic rings. The van der Waals surface area contributed by atoms with Gasteiger partial charge in [0.05, 0.1) is 20.3 Å². The van der Waals surface area contributed by atoms with Crippen LogP contribution in [0.15, 0.2) is 22.7 Å². The van der Waals surface area contributed by atoms with E-state index in [2.05, 4.69) is 15.9 Å². The van der Waals surface area contributed by atoms with Crippen molar-refractivity contribution in [3.63, 3.8) is 0 Å². The second-order valence-corrected chi connectivity index (χ2v) is 6.58. The fourth-order valence-corrected chi connectivity index (χ4v) is 3.09. The summed E-state index contributed by atoms with van der Waals surface area (Å²) in [6, 6.07) is 5.92. The van der Waals surface area contributed by atoms with Gasteiger partial charge in [-0.2, -0.15) is 0 Å². The summed E-state index contributed by atoms with van der Waals surface area (Å²) in [5.74, 6) is 0.851. The van der Waals surface area contributed by atoms with Gasteiger partial charge in [0, 0.05) is 10.0 Å². The van der Waals surface area contributed by atoms with Gasteiger partial charge >= 0.3 is 0 Å². The van der Waals surface area contributed by atoms with E-state index in [4.69, 9.17) is 15.2 Å². The summed E-state index contributed by atoms with van der Waals surface area (Å²) in [4.78, 5) is 0. The molecule has 1 saturated carbocycles. The van der Waals surface area contributed by atoms with E-state index in [0.29, 0.717) is 13.2 Å². The van der Waals surface area contributed by atoms with Gasteiger partial charge in [-0.3, -0.25) is 0 Å². The highest BCUT2D eigenvalue weighted by molar-refractivity contribution is 9.10. The van der Waals surface area contributed by atoms with Gasteiger partial charge in [0.15, 0.2) is 0 Å². The standard InChI is InChI=1S/C16H24BrNO2/c1-19-14-6-7-15(17)13(10-14)11-20-12-16(18)8-4-2-3-5-9-16/h6-7,10H,2-5,8-9,11-12,18H2,1H3. The first-order valence-corrected chi connectivity index (χ1v) is 8.11. The quantitative estimate of drug-likeness (QED) is 0.822. The Morgan fingerprint density at radius 2 is 1.90 bits per heavy atom. The zero-order valence-electron chi connectivity index (χ0n) is 12.2. The summed E-state index contributed by atoms with van der Waals surface area (Å²) in [5, 5.41) is 0. The van der Waals surface area contributed by atoms with Crippen LogP contribution in [0.25, 0.3) is 0 Å². The molecule has 0 saturated heterocycles. The molecule has 0 spiro atoms. The molecule has 0 heterocycles. The van der Waals surface area contributed by atoms with Gasteiger partial charge < -0.3 is 15.2 Å². The molecule has 0 radical (unpaired) electrons. The monoisotopic (exact) mass is 341 g/mol. The van der Waals surface area contributed by atoms with Crippen LogP contribution in [0.5, 0.6) is 5.75 Å². The summed E-state index contributed by atoms with van der Waals surface area (Å²) in [5.41, 5.74) is 7.42. The molecule has 4 heteroatoms. The van der Waals surface area contributed by atoms with Crippen molar-refractivity contribution in [3.05, 3.63) is 28.2 Å². The van der Waals surface area contributed by atoms with Gasteiger partial charge in [0.25, 0.3) is 0 Å². The van der Waals surface area contributed by atoms with Crippen LogP contribution in [0.1, 0.15) is 44.1 Å². The molecule has 2 rings (SSSR count). The van der Waals surface area contributed by atoms with Crippen molar-refractivity contribution < 1.29 is 9.47 Å². The predicted octanol–water partition coefficient (Wildman–Crippen LogP) is 4.03. The third kappa shape index (κ3) is 4.47. The topological polar surface area (TPSA) is 44.5 Å². The Labute approximate surface area is 130 Å². The minimum absolute atomic E-state index is 0.137. The van der Waals surface area contributed by atoms with E-state index in [-0.39, 0.29) is 5.54 Å². The van der Waals surface area contributed by atoms with E-state index < -0.39 is 0 Å². The normalized spacial score (nSPS) is 18.6. The molecule has 1 fully saturated rings. The number of methoxy groups -OCH3 is 1. The highest BCUT2D eigenvalue weighted by atomic mass is 79.9. The van der Waals surface area contributed by atoms with Crippen molar-refractivity contribution in [2.45, 2.75) is 50.7 Å². The first kappa shape index (κ1) is 15.8. The zero-order valence-corrected chi connectivity index (χ0v) is 13.7. The molecule has 0 amide bonds. The maximum atomic E-state index is 6.46. The van der Waals surface area contributed by atoms with Crippen molar-refractivity contribution >= 4 is 15.9 Å². The Hall–Kier alpha value is -0.580. The Bertz CT molecular complexity index is 428. The highest BCUT2D eigenvalue weighted by Gasteiger charge is 2.26. The second-order valence-electron chi connectivity index (χ2n) is 5.73. The number of hydrogen-bond donors (Lipinski definition) is 1. The molecule has 1 aromatic rings. The molecule has 0 bridgehead atoms. The molecule has 2 N–H and O–H groups in total. The van der Waals surface area contributed by atoms with E-state index in [1.165, 1.54) is 25.7 Å². The number of benzene rings is 1. The van der Waals surface area contributed by atoms with E-state index in [1.807, 2.05) is 18.2 Å². The molecule has 20 heavy (non-hydrogen) atoms. The van der Waals surface area contributed by atoms with Gasteiger partial charge in [-0.15, -0.1) is 0 Å². The lowest BCUT2D eigenvalue weighted by Crippen LogP contribution is -2.43. The van der Waals surface area contributed by atoms with Crippen LogP contribution < -0.4 is 10.5 Å². The molecular weight excluding hydrogens is 318 g/mol. The Balaban J connectivity index is 1.88. The minimum Gasteiger partial charge on any atom is -0.497 e. The molecule has 0 unspecified atom stereocenters. The minimum atomic E-state index is -0.137. The molecule has 1 aliphatic carbocycles. The van der Waals surface area contributed by atoms with Crippen LogP contribution in [0, 0.1) is 0 Å². The van der Waals surface area contributed by atoms with Gasteiger partial charge in [0.2, 0.25) is 0 Å². The fourth-order valence-electron chi connectivity index (χ4n) is 2.73. The van der Waals surface area contributed by atoms with Gasteiger partial charge in [0.1, 0.15) is 5.75 Å². The van der Waals surface area contributed by atoms with Gasteiger partial charge in [-0.05, 0) is 36.6 Å². The Morgan fingerprint density at radius 1 is 1.20 bits per heavy atom. The molecule has 0 atom stereocenters. The Morgan fingerprint density at radius 3 is 2.55 bits per heavy atom. The van der Waals surface area contributed by atoms with Crippen LogP contribution in [-0.4, -0.2) is 19.3 Å². The molecule has 3 nitrogen and oxygen atoms in total. The largest absolute Gasteiger partial charge is 0.497 e. The lowest BCUT2D eigenvalue weighted by atomic mass is 9.92. The second kappa shape index (κ2) is 7.43. The maximum absolute atomic E-state index is 6.46. The summed E-state index contributed by atoms with van der Waals surface area (Å²) in [7, 11) is 1.67. The third-order valence-electron chi connectivity index (χ3n) is 4.00. The number of halogens is 1. The summed E-state index contributed by atoms with van der Waals surface area (Å²) in [6.07, 6.45) is 7.21. The molecule has 0 aromatic heterocycles. The number of hydrogen-bond acceptors (Lipinski definition) is 3. The first-order chi connectivity index (χ1) is 9.63. The van der Waals surface area contributed by atoms with Crippen LogP contribution in [0.2, 0.25) is 0 Å². The zero-order chi connectivity index (χ0) is 14.4. The number of ether oxygens (including phenoxy) is 2. The fraction of sp³-hybridized carbons (Fsp3) is 0.625. The van der Waals surface area contributed by atoms with Crippen LogP contribution in [-0.2, 0) is 11.3 Å². The number of rotatable bonds is 5. The summed E-state index contributed by atoms with van der Waals surface area (Å²) >= 11 is 3.54. The Kier molecular flexibility index (Phi) is 5.87. The van der Waals surface area contributed by atoms with E-state index in [0.717, 1.165) is 28.6 Å². The first-order valence-electron chi connectivity index (χ1n) is 7.32. The lowest BCUT2D eigenvalue weighted by molar-refractivity contribution is 0.0663. The molecule has 0 aliphatic heterocycles. The number of nitrogens with two attached hydrogens (primary N) is 1. The van der Waals surface area contributed by atoms with Crippen LogP contribution >= 0.6 is 15.9 Å². The van der Waals surface area contributed by atoms with E-state index in [9.17, 15) is 0 Å². The maximum Gasteiger partial charge on any atom is 0.119 e. The van der Waals surface area contributed by atoms with E-state index in [1.54, 1.807) is 7.11 Å². The van der Waals surface area contributed by atoms with Crippen LogP contribution in [0.3, 0.4) is 0 Å². The van der Waals surface area contributed by atoms with Crippen LogP contribution in [0.4, 0.5) is 0 Å². The average molecular weight is 342 g/mol. The van der Waals surface area contributed by atoms with Crippen molar-refractivity contribution in [3.8, 4) is 5.75 Å².